The first-order chi connectivity index (χ1) is 14.5. The number of amides is 2. The van der Waals surface area contributed by atoms with E-state index < -0.39 is 11.3 Å². The van der Waals surface area contributed by atoms with Gasteiger partial charge in [0.05, 0.1) is 5.41 Å². The zero-order valence-corrected chi connectivity index (χ0v) is 17.5. The van der Waals surface area contributed by atoms with Gasteiger partial charge in [0.25, 0.3) is 5.91 Å². The molecule has 30 heavy (non-hydrogen) atoms. The molecule has 158 valence electrons. The molecule has 2 aliphatic rings. The summed E-state index contributed by atoms with van der Waals surface area (Å²) in [6.45, 7) is 1.69. The molecule has 2 heterocycles. The van der Waals surface area contributed by atoms with Gasteiger partial charge in [0.2, 0.25) is 5.91 Å². The number of fused-ring (bicyclic) bond motifs is 1. The van der Waals surface area contributed by atoms with Crippen molar-refractivity contribution in [3.8, 4) is 11.5 Å². The van der Waals surface area contributed by atoms with Crippen molar-refractivity contribution in [3.63, 3.8) is 0 Å². The van der Waals surface area contributed by atoms with E-state index in [4.69, 9.17) is 37.4 Å². The smallest absolute Gasteiger partial charge is 0.269 e. The number of benzene rings is 2. The number of halogens is 2. The highest BCUT2D eigenvalue weighted by atomic mass is 35.5. The lowest BCUT2D eigenvalue weighted by molar-refractivity contribution is -0.131. The summed E-state index contributed by atoms with van der Waals surface area (Å²) in [5.74, 6) is 0.250. The van der Waals surface area contributed by atoms with Gasteiger partial charge in [-0.3, -0.25) is 20.4 Å². The number of carbonyl (C=O) groups is 2. The van der Waals surface area contributed by atoms with Crippen LogP contribution in [0.5, 0.6) is 11.5 Å². The molecule has 9 heteroatoms. The fraction of sp³-hybridized carbons (Fsp3) is 0.333. The molecule has 0 bridgehead atoms. The summed E-state index contributed by atoms with van der Waals surface area (Å²) in [7, 11) is 0. The Morgan fingerprint density at radius 3 is 2.33 bits per heavy atom. The van der Waals surface area contributed by atoms with Gasteiger partial charge in [0.1, 0.15) is 13.2 Å². The Bertz CT molecular complexity index is 976. The summed E-state index contributed by atoms with van der Waals surface area (Å²) >= 11 is 12.4. The summed E-state index contributed by atoms with van der Waals surface area (Å²) in [4.78, 5) is 25.8. The topological polar surface area (TPSA) is 85.9 Å². The van der Waals surface area contributed by atoms with E-state index in [2.05, 4.69) is 10.9 Å². The Kier molecular flexibility index (Phi) is 6.04. The van der Waals surface area contributed by atoms with Gasteiger partial charge < -0.3 is 14.2 Å². The fourth-order valence-electron chi connectivity index (χ4n) is 3.71. The van der Waals surface area contributed by atoms with Crippen LogP contribution in [0.25, 0.3) is 0 Å². The second-order valence-corrected chi connectivity index (χ2v) is 7.93. The molecule has 0 saturated carbocycles. The van der Waals surface area contributed by atoms with E-state index >= 15 is 0 Å². The lowest BCUT2D eigenvalue weighted by atomic mass is 9.73. The molecule has 0 spiro atoms. The molecule has 1 fully saturated rings. The van der Waals surface area contributed by atoms with E-state index in [1.807, 2.05) is 0 Å². The summed E-state index contributed by atoms with van der Waals surface area (Å²) in [5, 5.41) is 0.885. The first-order valence-corrected chi connectivity index (χ1v) is 10.3. The molecule has 7 nitrogen and oxygen atoms in total. The number of rotatable bonds is 3. The second-order valence-electron chi connectivity index (χ2n) is 7.09. The van der Waals surface area contributed by atoms with E-state index in [-0.39, 0.29) is 5.91 Å². The van der Waals surface area contributed by atoms with Gasteiger partial charge in [0.15, 0.2) is 11.5 Å². The third-order valence-electron chi connectivity index (χ3n) is 5.32. The van der Waals surface area contributed by atoms with Crippen LogP contribution >= 0.6 is 23.2 Å². The Hall–Kier alpha value is -2.48. The van der Waals surface area contributed by atoms with Crippen molar-refractivity contribution in [3.05, 3.63) is 57.6 Å². The fourth-order valence-corrected chi connectivity index (χ4v) is 4.30. The van der Waals surface area contributed by atoms with Crippen molar-refractivity contribution >= 4 is 35.0 Å². The van der Waals surface area contributed by atoms with Crippen LogP contribution in [0.15, 0.2) is 36.4 Å². The minimum absolute atomic E-state index is 0.338. The summed E-state index contributed by atoms with van der Waals surface area (Å²) < 4.78 is 16.4. The van der Waals surface area contributed by atoms with E-state index in [1.165, 1.54) is 0 Å². The number of hydrogen-bond donors (Lipinski definition) is 2. The molecule has 2 N–H and O–H groups in total. The average Bonchev–Trinajstić information content (AvgIpc) is 2.77. The zero-order chi connectivity index (χ0) is 21.1. The molecule has 0 radical (unpaired) electrons. The monoisotopic (exact) mass is 450 g/mol. The van der Waals surface area contributed by atoms with Gasteiger partial charge in [-0.05, 0) is 48.7 Å². The third kappa shape index (κ3) is 4.05. The molecule has 0 aromatic heterocycles. The molecular weight excluding hydrogens is 431 g/mol. The predicted octanol–water partition coefficient (Wildman–Crippen LogP) is 3.27. The maximum absolute atomic E-state index is 13.2. The first kappa shape index (κ1) is 20.8. The Balaban J connectivity index is 1.51. The molecule has 2 amide bonds. The summed E-state index contributed by atoms with van der Waals surface area (Å²) in [6, 6.07) is 9.90. The van der Waals surface area contributed by atoms with Crippen LogP contribution in [0.2, 0.25) is 10.0 Å². The van der Waals surface area contributed by atoms with Crippen molar-refractivity contribution in [1.82, 2.24) is 10.9 Å². The SMILES string of the molecule is O=C(NNC(=O)C1(c2ccc(Cl)cc2Cl)CCOCC1)c1ccc2c(c1)OCCO2. The quantitative estimate of drug-likeness (QED) is 0.700. The lowest BCUT2D eigenvalue weighted by Crippen LogP contribution is -2.53. The van der Waals surface area contributed by atoms with Crippen molar-refractivity contribution in [2.24, 2.45) is 0 Å². The first-order valence-electron chi connectivity index (χ1n) is 9.53. The van der Waals surface area contributed by atoms with Crippen molar-refractivity contribution < 1.29 is 23.8 Å². The van der Waals surface area contributed by atoms with E-state index in [9.17, 15) is 9.59 Å². The highest BCUT2D eigenvalue weighted by Gasteiger charge is 2.43. The van der Waals surface area contributed by atoms with Gasteiger partial charge in [-0.15, -0.1) is 0 Å². The molecule has 0 atom stereocenters. The minimum Gasteiger partial charge on any atom is -0.486 e. The van der Waals surface area contributed by atoms with E-state index in [1.54, 1.807) is 36.4 Å². The minimum atomic E-state index is -0.931. The predicted molar refractivity (Wildman–Crippen MR) is 111 cm³/mol. The molecular formula is C21H20Cl2N2O5. The molecule has 0 aliphatic carbocycles. The van der Waals surface area contributed by atoms with Crippen molar-refractivity contribution in [2.45, 2.75) is 18.3 Å². The Morgan fingerprint density at radius 2 is 1.60 bits per heavy atom. The summed E-state index contributed by atoms with van der Waals surface area (Å²) in [5.41, 5.74) is 5.10. The largest absolute Gasteiger partial charge is 0.486 e. The Morgan fingerprint density at radius 1 is 0.867 bits per heavy atom. The number of ether oxygens (including phenoxy) is 3. The molecule has 1 saturated heterocycles. The van der Waals surface area contributed by atoms with Gasteiger partial charge in [-0.25, -0.2) is 0 Å². The van der Waals surface area contributed by atoms with Crippen molar-refractivity contribution in [1.29, 1.82) is 0 Å². The van der Waals surface area contributed by atoms with Gasteiger partial charge in [-0.2, -0.15) is 0 Å². The van der Waals surface area contributed by atoms with Crippen LogP contribution in [-0.4, -0.2) is 38.2 Å². The van der Waals surface area contributed by atoms with Crippen LogP contribution in [0.1, 0.15) is 28.8 Å². The molecule has 4 rings (SSSR count). The normalized spacial score (nSPS) is 17.1. The highest BCUT2D eigenvalue weighted by molar-refractivity contribution is 6.35. The number of hydrazine groups is 1. The number of carbonyl (C=O) groups excluding carboxylic acids is 2. The van der Waals surface area contributed by atoms with Gasteiger partial charge in [-0.1, -0.05) is 29.3 Å². The maximum Gasteiger partial charge on any atom is 0.269 e. The van der Waals surface area contributed by atoms with E-state index in [0.717, 1.165) is 0 Å². The molecule has 2 aromatic rings. The lowest BCUT2D eigenvalue weighted by Gasteiger charge is -2.36. The zero-order valence-electron chi connectivity index (χ0n) is 16.0. The standard InChI is InChI=1S/C21H20Cl2N2O5/c22-14-2-3-15(16(23)12-14)21(5-7-28-8-6-21)20(27)25-24-19(26)13-1-4-17-18(11-13)30-10-9-29-17/h1-4,11-12H,5-10H2,(H,24,26)(H,25,27). The third-order valence-corrected chi connectivity index (χ3v) is 5.87. The number of nitrogens with one attached hydrogen (secondary N) is 2. The van der Waals surface area contributed by atoms with Crippen LogP contribution in [0.4, 0.5) is 0 Å². The summed E-state index contributed by atoms with van der Waals surface area (Å²) in [6.07, 6.45) is 0.861. The molecule has 2 aliphatic heterocycles. The van der Waals surface area contributed by atoms with Crippen LogP contribution in [0.3, 0.4) is 0 Å². The number of hydrogen-bond acceptors (Lipinski definition) is 5. The van der Waals surface area contributed by atoms with Crippen LogP contribution in [-0.2, 0) is 14.9 Å². The van der Waals surface area contributed by atoms with Crippen molar-refractivity contribution in [2.75, 3.05) is 26.4 Å². The second kappa shape index (κ2) is 8.71. The van der Waals surface area contributed by atoms with Crippen LogP contribution in [0, 0.1) is 0 Å². The molecule has 0 unspecified atom stereocenters. The van der Waals surface area contributed by atoms with Gasteiger partial charge >= 0.3 is 0 Å². The highest BCUT2D eigenvalue weighted by Crippen LogP contribution is 2.40. The maximum atomic E-state index is 13.2. The van der Waals surface area contributed by atoms with Gasteiger partial charge in [0, 0.05) is 28.8 Å². The van der Waals surface area contributed by atoms with E-state index in [0.29, 0.717) is 71.9 Å². The molecule has 2 aromatic carbocycles. The average molecular weight is 451 g/mol. The van der Waals surface area contributed by atoms with Crippen LogP contribution < -0.4 is 20.3 Å². The Labute approximate surface area is 183 Å².